The fourth-order valence-electron chi connectivity index (χ4n) is 1.52. The Bertz CT molecular complexity index is 599. The van der Waals surface area contributed by atoms with Crippen LogP contribution < -0.4 is 5.32 Å². The van der Waals surface area contributed by atoms with Crippen molar-refractivity contribution in [3.8, 4) is 0 Å². The normalized spacial score (nSPS) is 9.95. The summed E-state index contributed by atoms with van der Waals surface area (Å²) in [4.78, 5) is 27.6. The lowest BCUT2D eigenvalue weighted by molar-refractivity contribution is 0.0900. The standard InChI is InChI=1S/C14H11BrN2O2/c15-11-7-4-8-16-13(11)14(19)17-9-12(18)10-5-2-1-3-6-10/h1-8H,9H2,(H,17,19). The summed E-state index contributed by atoms with van der Waals surface area (Å²) in [5, 5.41) is 2.56. The summed E-state index contributed by atoms with van der Waals surface area (Å²) < 4.78 is 0.597. The number of hydrogen-bond donors (Lipinski definition) is 1. The van der Waals surface area contributed by atoms with E-state index in [9.17, 15) is 9.59 Å². The number of carbonyl (C=O) groups excluding carboxylic acids is 2. The van der Waals surface area contributed by atoms with Crippen LogP contribution in [0.3, 0.4) is 0 Å². The van der Waals surface area contributed by atoms with Crippen molar-refractivity contribution in [3.63, 3.8) is 0 Å². The lowest BCUT2D eigenvalue weighted by atomic mass is 10.1. The lowest BCUT2D eigenvalue weighted by Gasteiger charge is -2.05. The Morgan fingerprint density at radius 2 is 1.84 bits per heavy atom. The first-order chi connectivity index (χ1) is 9.18. The minimum Gasteiger partial charge on any atom is -0.343 e. The van der Waals surface area contributed by atoms with Crippen LogP contribution in [0.15, 0.2) is 53.1 Å². The molecule has 0 bridgehead atoms. The Kier molecular flexibility index (Phi) is 4.41. The average molecular weight is 319 g/mol. The number of carbonyl (C=O) groups is 2. The highest BCUT2D eigenvalue weighted by Crippen LogP contribution is 2.12. The highest BCUT2D eigenvalue weighted by molar-refractivity contribution is 9.10. The molecule has 19 heavy (non-hydrogen) atoms. The van der Waals surface area contributed by atoms with Gasteiger partial charge in [0.2, 0.25) is 0 Å². The fourth-order valence-corrected chi connectivity index (χ4v) is 1.96. The molecule has 1 N–H and O–H groups in total. The van der Waals surface area contributed by atoms with E-state index >= 15 is 0 Å². The first kappa shape index (κ1) is 13.4. The minimum absolute atomic E-state index is 0.0497. The minimum atomic E-state index is -0.378. The molecule has 0 spiro atoms. The smallest absolute Gasteiger partial charge is 0.271 e. The molecule has 0 saturated heterocycles. The highest BCUT2D eigenvalue weighted by Gasteiger charge is 2.12. The van der Waals surface area contributed by atoms with Crippen LogP contribution in [-0.4, -0.2) is 23.2 Å². The number of rotatable bonds is 4. The summed E-state index contributed by atoms with van der Waals surface area (Å²) in [6, 6.07) is 12.3. The Balaban J connectivity index is 1.98. The van der Waals surface area contributed by atoms with E-state index in [4.69, 9.17) is 0 Å². The van der Waals surface area contributed by atoms with E-state index < -0.39 is 0 Å². The monoisotopic (exact) mass is 318 g/mol. The van der Waals surface area contributed by atoms with Crippen LogP contribution in [0.5, 0.6) is 0 Å². The Labute approximate surface area is 119 Å². The van der Waals surface area contributed by atoms with Gasteiger partial charge in [0.25, 0.3) is 5.91 Å². The van der Waals surface area contributed by atoms with Gasteiger partial charge >= 0.3 is 0 Å². The quantitative estimate of drug-likeness (QED) is 0.881. The number of ketones is 1. The molecule has 0 aliphatic heterocycles. The second kappa shape index (κ2) is 6.24. The van der Waals surface area contributed by atoms with Crippen molar-refractivity contribution in [1.82, 2.24) is 10.3 Å². The zero-order valence-electron chi connectivity index (χ0n) is 9.97. The molecule has 0 fully saturated rings. The number of nitrogens with zero attached hydrogens (tertiary/aromatic N) is 1. The second-order valence-electron chi connectivity index (χ2n) is 3.81. The molecule has 0 atom stereocenters. The van der Waals surface area contributed by atoms with E-state index in [1.54, 1.807) is 36.4 Å². The van der Waals surface area contributed by atoms with Crippen molar-refractivity contribution in [1.29, 1.82) is 0 Å². The van der Waals surface area contributed by atoms with Crippen molar-refractivity contribution in [2.75, 3.05) is 6.54 Å². The summed E-state index contributed by atoms with van der Waals surface area (Å²) in [6.45, 7) is -0.0497. The number of pyridine rings is 1. The van der Waals surface area contributed by atoms with Crippen molar-refractivity contribution in [3.05, 3.63) is 64.4 Å². The summed E-state index contributed by atoms with van der Waals surface area (Å²) >= 11 is 3.24. The highest BCUT2D eigenvalue weighted by atomic mass is 79.9. The summed E-state index contributed by atoms with van der Waals surface area (Å²) in [5.41, 5.74) is 0.839. The SMILES string of the molecule is O=C(CNC(=O)c1ncccc1Br)c1ccccc1. The molecule has 1 heterocycles. The molecule has 1 aromatic heterocycles. The van der Waals surface area contributed by atoms with Crippen LogP contribution in [-0.2, 0) is 0 Å². The van der Waals surface area contributed by atoms with Gasteiger partial charge in [-0.2, -0.15) is 0 Å². The Hall–Kier alpha value is -2.01. The fraction of sp³-hybridized carbons (Fsp3) is 0.0714. The Morgan fingerprint density at radius 3 is 2.53 bits per heavy atom. The van der Waals surface area contributed by atoms with E-state index in [1.165, 1.54) is 6.20 Å². The maximum absolute atomic E-state index is 11.8. The average Bonchev–Trinajstić information content (AvgIpc) is 2.46. The van der Waals surface area contributed by atoms with Gasteiger partial charge in [-0.05, 0) is 28.1 Å². The van der Waals surface area contributed by atoms with Gasteiger partial charge in [-0.15, -0.1) is 0 Å². The van der Waals surface area contributed by atoms with Gasteiger partial charge in [-0.3, -0.25) is 9.59 Å². The first-order valence-electron chi connectivity index (χ1n) is 5.65. The van der Waals surface area contributed by atoms with Crippen LogP contribution in [0.4, 0.5) is 0 Å². The van der Waals surface area contributed by atoms with Crippen molar-refractivity contribution in [2.24, 2.45) is 0 Å². The molecule has 2 aromatic rings. The van der Waals surface area contributed by atoms with Crippen molar-refractivity contribution >= 4 is 27.6 Å². The van der Waals surface area contributed by atoms with Crippen LogP contribution in [0.25, 0.3) is 0 Å². The largest absolute Gasteiger partial charge is 0.343 e. The van der Waals surface area contributed by atoms with Crippen LogP contribution in [0.1, 0.15) is 20.8 Å². The molecule has 2 rings (SSSR count). The van der Waals surface area contributed by atoms with E-state index in [1.807, 2.05) is 6.07 Å². The molecular weight excluding hydrogens is 308 g/mol. The third-order valence-corrected chi connectivity index (χ3v) is 3.12. The molecule has 1 aromatic carbocycles. The van der Waals surface area contributed by atoms with Crippen molar-refractivity contribution in [2.45, 2.75) is 0 Å². The number of benzene rings is 1. The van der Waals surface area contributed by atoms with Crippen LogP contribution in [0, 0.1) is 0 Å². The van der Waals surface area contributed by atoms with Gasteiger partial charge in [0.15, 0.2) is 5.78 Å². The maximum atomic E-state index is 11.8. The lowest BCUT2D eigenvalue weighted by Crippen LogP contribution is -2.30. The van der Waals surface area contributed by atoms with Crippen LogP contribution >= 0.6 is 15.9 Å². The number of halogens is 1. The summed E-state index contributed by atoms with van der Waals surface area (Å²) in [5.74, 6) is -0.516. The molecule has 0 saturated carbocycles. The summed E-state index contributed by atoms with van der Waals surface area (Å²) in [6.07, 6.45) is 1.53. The summed E-state index contributed by atoms with van der Waals surface area (Å²) in [7, 11) is 0. The predicted molar refractivity (Wildman–Crippen MR) is 75.0 cm³/mol. The van der Waals surface area contributed by atoms with E-state index in [0.29, 0.717) is 10.0 Å². The third-order valence-electron chi connectivity index (χ3n) is 2.48. The van der Waals surface area contributed by atoms with Gasteiger partial charge < -0.3 is 5.32 Å². The first-order valence-corrected chi connectivity index (χ1v) is 6.45. The number of nitrogens with one attached hydrogen (secondary N) is 1. The van der Waals surface area contributed by atoms with E-state index in [0.717, 1.165) is 0 Å². The van der Waals surface area contributed by atoms with E-state index in [-0.39, 0.29) is 23.9 Å². The van der Waals surface area contributed by atoms with Crippen LogP contribution in [0.2, 0.25) is 0 Å². The zero-order valence-corrected chi connectivity index (χ0v) is 11.6. The molecule has 0 aliphatic carbocycles. The molecule has 0 unspecified atom stereocenters. The molecule has 0 aliphatic rings. The molecule has 5 heteroatoms. The van der Waals surface area contributed by atoms with E-state index in [2.05, 4.69) is 26.2 Å². The molecule has 96 valence electrons. The number of amides is 1. The maximum Gasteiger partial charge on any atom is 0.271 e. The van der Waals surface area contributed by atoms with Gasteiger partial charge in [-0.25, -0.2) is 4.98 Å². The van der Waals surface area contributed by atoms with Crippen molar-refractivity contribution < 1.29 is 9.59 Å². The topological polar surface area (TPSA) is 59.1 Å². The zero-order chi connectivity index (χ0) is 13.7. The molecule has 4 nitrogen and oxygen atoms in total. The van der Waals surface area contributed by atoms with Gasteiger partial charge in [-0.1, -0.05) is 30.3 Å². The third kappa shape index (κ3) is 3.48. The Morgan fingerprint density at radius 1 is 1.11 bits per heavy atom. The molecule has 1 amide bonds. The number of hydrogen-bond acceptors (Lipinski definition) is 3. The van der Waals surface area contributed by atoms with Gasteiger partial charge in [0.1, 0.15) is 5.69 Å². The van der Waals surface area contributed by atoms with Gasteiger partial charge in [0, 0.05) is 16.2 Å². The predicted octanol–water partition coefficient (Wildman–Crippen LogP) is 2.46. The number of aromatic nitrogens is 1. The number of Topliss-reactive ketones (excluding diaryl/α,β-unsaturated/α-hetero) is 1. The molecular formula is C14H11BrN2O2. The second-order valence-corrected chi connectivity index (χ2v) is 4.66. The molecule has 0 radical (unpaired) electrons. The van der Waals surface area contributed by atoms with Gasteiger partial charge in [0.05, 0.1) is 6.54 Å².